The molecule has 2 aromatic rings. The van der Waals surface area contributed by atoms with Gasteiger partial charge in [-0.2, -0.15) is 0 Å². The zero-order chi connectivity index (χ0) is 16.9. The summed E-state index contributed by atoms with van der Waals surface area (Å²) in [5.41, 5.74) is 0.966. The summed E-state index contributed by atoms with van der Waals surface area (Å²) in [6.07, 6.45) is 3.67. The molecule has 2 aromatic heterocycles. The van der Waals surface area contributed by atoms with Crippen LogP contribution in [0.4, 0.5) is 0 Å². The highest BCUT2D eigenvalue weighted by Gasteiger charge is 2.26. The first-order chi connectivity index (χ1) is 11.7. The van der Waals surface area contributed by atoms with Gasteiger partial charge in [0.2, 0.25) is 5.82 Å². The lowest BCUT2D eigenvalue weighted by Gasteiger charge is -2.26. The second kappa shape index (κ2) is 7.44. The maximum absolute atomic E-state index is 12.8. The molecule has 1 N–H and O–H groups in total. The topological polar surface area (TPSA) is 75.9 Å². The van der Waals surface area contributed by atoms with Crippen LogP contribution < -0.4 is 5.32 Å². The number of morpholine rings is 1. The molecule has 2 amide bonds. The summed E-state index contributed by atoms with van der Waals surface area (Å²) >= 11 is 0. The van der Waals surface area contributed by atoms with Gasteiger partial charge in [-0.25, -0.2) is 4.98 Å². The summed E-state index contributed by atoms with van der Waals surface area (Å²) in [6.45, 7) is 4.81. The van der Waals surface area contributed by atoms with Crippen LogP contribution in [0.1, 0.15) is 40.9 Å². The third-order valence-corrected chi connectivity index (χ3v) is 4.07. The number of imidazole rings is 1. The van der Waals surface area contributed by atoms with Crippen molar-refractivity contribution in [2.75, 3.05) is 32.8 Å². The number of nitrogens with zero attached hydrogens (tertiary/aromatic N) is 3. The van der Waals surface area contributed by atoms with E-state index in [1.165, 1.54) is 0 Å². The first kappa shape index (κ1) is 16.4. The van der Waals surface area contributed by atoms with Crippen molar-refractivity contribution in [1.82, 2.24) is 19.6 Å². The number of carbonyl (C=O) groups is 2. The number of carbonyl (C=O) groups excluding carboxylic acids is 2. The standard InChI is InChI=1S/C17H22N4O3/c1-2-3-7-18-16(22)15-19-14(13-6-4-5-8-21(13)15)17(23)20-9-11-24-12-10-20/h4-6,8H,2-3,7,9-12H2,1H3,(H,18,22). The van der Waals surface area contributed by atoms with Crippen LogP contribution in [0, 0.1) is 0 Å². The molecule has 0 radical (unpaired) electrons. The van der Waals surface area contributed by atoms with E-state index in [1.54, 1.807) is 15.5 Å². The molecular weight excluding hydrogens is 308 g/mol. The number of fused-ring (bicyclic) bond motifs is 1. The molecule has 1 aliphatic heterocycles. The Morgan fingerprint density at radius 2 is 2.08 bits per heavy atom. The van der Waals surface area contributed by atoms with Gasteiger partial charge in [0.15, 0.2) is 5.69 Å². The number of unbranched alkanes of at least 4 members (excludes halogenated alkanes) is 1. The number of pyridine rings is 1. The SMILES string of the molecule is CCCCNC(=O)c1nc(C(=O)N2CCOCC2)c2ccccn12. The van der Waals surface area contributed by atoms with Crippen LogP contribution in [0.2, 0.25) is 0 Å². The highest BCUT2D eigenvalue weighted by Crippen LogP contribution is 2.16. The van der Waals surface area contributed by atoms with Crippen molar-refractivity contribution < 1.29 is 14.3 Å². The zero-order valence-corrected chi connectivity index (χ0v) is 13.8. The van der Waals surface area contributed by atoms with Crippen LogP contribution in [-0.4, -0.2) is 58.9 Å². The lowest BCUT2D eigenvalue weighted by Crippen LogP contribution is -2.41. The molecule has 0 spiro atoms. The summed E-state index contributed by atoms with van der Waals surface area (Å²) in [7, 11) is 0. The summed E-state index contributed by atoms with van der Waals surface area (Å²) < 4.78 is 6.96. The van der Waals surface area contributed by atoms with Crippen LogP contribution in [0.3, 0.4) is 0 Å². The second-order valence-corrected chi connectivity index (χ2v) is 5.75. The van der Waals surface area contributed by atoms with Crippen LogP contribution in [0.25, 0.3) is 5.52 Å². The lowest BCUT2D eigenvalue weighted by molar-refractivity contribution is 0.0300. The smallest absolute Gasteiger partial charge is 0.287 e. The number of rotatable bonds is 5. The van der Waals surface area contributed by atoms with Gasteiger partial charge in [0.1, 0.15) is 0 Å². The van der Waals surface area contributed by atoms with Crippen molar-refractivity contribution in [1.29, 1.82) is 0 Å². The van der Waals surface area contributed by atoms with E-state index < -0.39 is 0 Å². The van der Waals surface area contributed by atoms with Crippen molar-refractivity contribution in [3.63, 3.8) is 0 Å². The van der Waals surface area contributed by atoms with E-state index in [1.807, 2.05) is 18.2 Å². The second-order valence-electron chi connectivity index (χ2n) is 5.75. The van der Waals surface area contributed by atoms with E-state index in [4.69, 9.17) is 4.74 Å². The van der Waals surface area contributed by atoms with Crippen molar-refractivity contribution >= 4 is 17.3 Å². The first-order valence-electron chi connectivity index (χ1n) is 8.34. The van der Waals surface area contributed by atoms with E-state index in [2.05, 4.69) is 17.2 Å². The monoisotopic (exact) mass is 330 g/mol. The summed E-state index contributed by atoms with van der Waals surface area (Å²) in [5, 5.41) is 2.86. The number of nitrogens with one attached hydrogen (secondary N) is 1. The highest BCUT2D eigenvalue weighted by molar-refractivity contribution is 6.02. The molecule has 24 heavy (non-hydrogen) atoms. The fraction of sp³-hybridized carbons (Fsp3) is 0.471. The predicted octanol–water partition coefficient (Wildman–Crippen LogP) is 1.34. The summed E-state index contributed by atoms with van der Waals surface area (Å²) in [5.74, 6) is -0.168. The number of hydrogen-bond acceptors (Lipinski definition) is 4. The Hall–Kier alpha value is -2.41. The van der Waals surface area contributed by atoms with Gasteiger partial charge in [0.25, 0.3) is 11.8 Å². The third-order valence-electron chi connectivity index (χ3n) is 4.07. The molecule has 1 saturated heterocycles. The number of aromatic nitrogens is 2. The molecule has 7 heteroatoms. The Balaban J connectivity index is 1.91. The summed E-state index contributed by atoms with van der Waals surface area (Å²) in [4.78, 5) is 31.3. The zero-order valence-electron chi connectivity index (χ0n) is 13.8. The molecule has 3 rings (SSSR count). The molecule has 1 fully saturated rings. The minimum absolute atomic E-state index is 0.158. The quantitative estimate of drug-likeness (QED) is 0.840. The molecule has 0 unspecified atom stereocenters. The molecule has 1 aliphatic rings. The fourth-order valence-electron chi connectivity index (χ4n) is 2.73. The first-order valence-corrected chi connectivity index (χ1v) is 8.34. The molecular formula is C17H22N4O3. The largest absolute Gasteiger partial charge is 0.378 e. The van der Waals surface area contributed by atoms with Crippen molar-refractivity contribution in [2.24, 2.45) is 0 Å². The molecule has 0 bridgehead atoms. The Morgan fingerprint density at radius 3 is 2.83 bits per heavy atom. The minimum atomic E-state index is -0.259. The van der Waals surface area contributed by atoms with Gasteiger partial charge in [-0.15, -0.1) is 0 Å². The van der Waals surface area contributed by atoms with Gasteiger partial charge >= 0.3 is 0 Å². The van der Waals surface area contributed by atoms with E-state index in [-0.39, 0.29) is 17.6 Å². The van der Waals surface area contributed by atoms with Crippen LogP contribution >= 0.6 is 0 Å². The van der Waals surface area contributed by atoms with Gasteiger partial charge in [0.05, 0.1) is 18.7 Å². The number of amides is 2. The minimum Gasteiger partial charge on any atom is -0.378 e. The average Bonchev–Trinajstić information content (AvgIpc) is 3.02. The van der Waals surface area contributed by atoms with Crippen LogP contribution in [0.5, 0.6) is 0 Å². The van der Waals surface area contributed by atoms with Crippen molar-refractivity contribution in [3.05, 3.63) is 35.9 Å². The third kappa shape index (κ3) is 3.26. The molecule has 0 aliphatic carbocycles. The Kier molecular flexibility index (Phi) is 5.10. The number of hydrogen-bond donors (Lipinski definition) is 1. The van der Waals surface area contributed by atoms with E-state index in [0.29, 0.717) is 44.1 Å². The van der Waals surface area contributed by atoms with Gasteiger partial charge < -0.3 is 15.0 Å². The van der Waals surface area contributed by atoms with Crippen molar-refractivity contribution in [3.8, 4) is 0 Å². The van der Waals surface area contributed by atoms with E-state index >= 15 is 0 Å². The molecule has 0 atom stereocenters. The molecule has 3 heterocycles. The molecule has 0 saturated carbocycles. The molecule has 7 nitrogen and oxygen atoms in total. The molecule has 128 valence electrons. The maximum Gasteiger partial charge on any atom is 0.287 e. The Bertz CT molecular complexity index is 735. The normalized spacial score (nSPS) is 14.8. The molecule has 0 aromatic carbocycles. The predicted molar refractivity (Wildman–Crippen MR) is 89.2 cm³/mol. The number of ether oxygens (including phenoxy) is 1. The Morgan fingerprint density at radius 1 is 1.29 bits per heavy atom. The van der Waals surface area contributed by atoms with Gasteiger partial charge in [-0.3, -0.25) is 14.0 Å². The van der Waals surface area contributed by atoms with Crippen LogP contribution in [-0.2, 0) is 4.74 Å². The van der Waals surface area contributed by atoms with Crippen LogP contribution in [0.15, 0.2) is 24.4 Å². The average molecular weight is 330 g/mol. The summed E-state index contributed by atoms with van der Waals surface area (Å²) in [6, 6.07) is 5.47. The van der Waals surface area contributed by atoms with Gasteiger partial charge in [-0.1, -0.05) is 19.4 Å². The van der Waals surface area contributed by atoms with E-state index in [0.717, 1.165) is 12.8 Å². The maximum atomic E-state index is 12.8. The fourth-order valence-corrected chi connectivity index (χ4v) is 2.73. The van der Waals surface area contributed by atoms with E-state index in [9.17, 15) is 9.59 Å². The van der Waals surface area contributed by atoms with Gasteiger partial charge in [-0.05, 0) is 18.6 Å². The highest BCUT2D eigenvalue weighted by atomic mass is 16.5. The Labute approximate surface area is 140 Å². The van der Waals surface area contributed by atoms with Crippen molar-refractivity contribution in [2.45, 2.75) is 19.8 Å². The van der Waals surface area contributed by atoms with Gasteiger partial charge in [0, 0.05) is 25.8 Å². The lowest BCUT2D eigenvalue weighted by atomic mass is 10.3.